The van der Waals surface area contributed by atoms with Crippen molar-refractivity contribution in [3.63, 3.8) is 0 Å². The first kappa shape index (κ1) is 17.5. The van der Waals surface area contributed by atoms with Crippen molar-refractivity contribution in [2.24, 2.45) is 5.92 Å². The molecule has 1 aromatic rings. The summed E-state index contributed by atoms with van der Waals surface area (Å²) in [6, 6.07) is 4.10. The summed E-state index contributed by atoms with van der Waals surface area (Å²) in [5.74, 6) is 3.58. The van der Waals surface area contributed by atoms with E-state index in [1.54, 1.807) is 0 Å². The van der Waals surface area contributed by atoms with Crippen molar-refractivity contribution in [3.8, 4) is 0 Å². The molecular formula is C19H30N2O3. The number of hydrogen-bond donors (Lipinski definition) is 1. The van der Waals surface area contributed by atoms with Crippen molar-refractivity contribution in [1.82, 2.24) is 9.80 Å². The van der Waals surface area contributed by atoms with Crippen LogP contribution in [0.4, 0.5) is 0 Å². The minimum Gasteiger partial charge on any atom is -0.466 e. The van der Waals surface area contributed by atoms with Crippen LogP contribution in [0.5, 0.6) is 0 Å². The van der Waals surface area contributed by atoms with Crippen LogP contribution in [0.1, 0.15) is 50.5 Å². The second kappa shape index (κ2) is 7.70. The zero-order valence-electron chi connectivity index (χ0n) is 14.9. The Hall–Kier alpha value is -1.33. The molecule has 5 heteroatoms. The van der Waals surface area contributed by atoms with Gasteiger partial charge < -0.3 is 14.4 Å². The van der Waals surface area contributed by atoms with Gasteiger partial charge in [-0.1, -0.05) is 13.8 Å². The van der Waals surface area contributed by atoms with Crippen molar-refractivity contribution in [3.05, 3.63) is 23.7 Å². The van der Waals surface area contributed by atoms with Gasteiger partial charge in [-0.2, -0.15) is 0 Å². The van der Waals surface area contributed by atoms with Gasteiger partial charge in [0.1, 0.15) is 11.5 Å². The molecule has 2 fully saturated rings. The van der Waals surface area contributed by atoms with Crippen LogP contribution < -0.4 is 0 Å². The molecule has 1 N–H and O–H groups in total. The smallest absolute Gasteiger partial charge is 0.223 e. The van der Waals surface area contributed by atoms with Gasteiger partial charge in [0.25, 0.3) is 0 Å². The van der Waals surface area contributed by atoms with E-state index in [4.69, 9.17) is 4.42 Å². The van der Waals surface area contributed by atoms with Crippen LogP contribution in [-0.2, 0) is 11.2 Å². The number of rotatable bonds is 7. The van der Waals surface area contributed by atoms with Gasteiger partial charge in [-0.15, -0.1) is 0 Å². The number of nitrogens with zero attached hydrogens (tertiary/aromatic N) is 2. The number of carbonyl (C=O) groups excluding carboxylic acids is 1. The standard InChI is InChI=1S/C19H30N2O3/c1-3-15(22)13-20-8-10-21(11-9-20)19(23)7-5-16-4-6-18(24-16)17-12-14(17)2/h4,6,14-15,17,22H,3,5,7-13H2,1-2H3/t14-,15-,17-/m0/s1. The zero-order valence-corrected chi connectivity index (χ0v) is 14.9. The maximum Gasteiger partial charge on any atom is 0.223 e. The summed E-state index contributed by atoms with van der Waals surface area (Å²) in [6.07, 6.45) is 2.96. The van der Waals surface area contributed by atoms with E-state index >= 15 is 0 Å². The molecule has 1 aliphatic heterocycles. The zero-order chi connectivity index (χ0) is 17.1. The largest absolute Gasteiger partial charge is 0.466 e. The number of aryl methyl sites for hydroxylation is 1. The predicted octanol–water partition coefficient (Wildman–Crippen LogP) is 2.25. The third-order valence-corrected chi connectivity index (χ3v) is 5.41. The number of piperazine rings is 1. The lowest BCUT2D eigenvalue weighted by Gasteiger charge is -2.35. The van der Waals surface area contributed by atoms with Crippen molar-refractivity contribution in [1.29, 1.82) is 0 Å². The van der Waals surface area contributed by atoms with E-state index in [9.17, 15) is 9.90 Å². The van der Waals surface area contributed by atoms with Crippen LogP contribution in [0.15, 0.2) is 16.5 Å². The van der Waals surface area contributed by atoms with E-state index in [2.05, 4.69) is 17.9 Å². The molecule has 1 aromatic heterocycles. The SMILES string of the molecule is CC[C@H](O)CN1CCN(C(=O)CCc2ccc([C@H]3C[C@@H]3C)o2)CC1. The highest BCUT2D eigenvalue weighted by Crippen LogP contribution is 2.47. The molecule has 1 aliphatic carbocycles. The average molecular weight is 334 g/mol. The number of carbonyl (C=O) groups is 1. The molecule has 0 bridgehead atoms. The van der Waals surface area contributed by atoms with Gasteiger partial charge in [0, 0.05) is 51.5 Å². The summed E-state index contributed by atoms with van der Waals surface area (Å²) in [4.78, 5) is 16.6. The van der Waals surface area contributed by atoms with E-state index < -0.39 is 0 Å². The minimum atomic E-state index is -0.255. The van der Waals surface area contributed by atoms with Crippen molar-refractivity contribution < 1.29 is 14.3 Å². The number of amides is 1. The van der Waals surface area contributed by atoms with Gasteiger partial charge in [-0.3, -0.25) is 9.69 Å². The Bertz CT molecular complexity index is 549. The summed E-state index contributed by atoms with van der Waals surface area (Å²) in [5, 5.41) is 9.72. The lowest BCUT2D eigenvalue weighted by molar-refractivity contribution is -0.133. The summed E-state index contributed by atoms with van der Waals surface area (Å²) >= 11 is 0. The van der Waals surface area contributed by atoms with Gasteiger partial charge in [0.2, 0.25) is 5.91 Å². The van der Waals surface area contributed by atoms with E-state index in [1.165, 1.54) is 6.42 Å². The first-order valence-corrected chi connectivity index (χ1v) is 9.33. The second-order valence-corrected chi connectivity index (χ2v) is 7.37. The Morgan fingerprint density at radius 1 is 1.33 bits per heavy atom. The monoisotopic (exact) mass is 334 g/mol. The van der Waals surface area contributed by atoms with Gasteiger partial charge >= 0.3 is 0 Å². The molecule has 2 heterocycles. The molecule has 0 unspecified atom stereocenters. The van der Waals surface area contributed by atoms with Gasteiger partial charge in [-0.25, -0.2) is 0 Å². The van der Waals surface area contributed by atoms with Crippen LogP contribution in [0.25, 0.3) is 0 Å². The van der Waals surface area contributed by atoms with Gasteiger partial charge in [0.15, 0.2) is 0 Å². The first-order chi connectivity index (χ1) is 11.6. The molecule has 0 aromatic carbocycles. The van der Waals surface area contributed by atoms with Crippen molar-refractivity contribution in [2.45, 2.75) is 51.6 Å². The number of hydrogen-bond acceptors (Lipinski definition) is 4. The maximum absolute atomic E-state index is 12.4. The quantitative estimate of drug-likeness (QED) is 0.831. The molecule has 3 rings (SSSR count). The average Bonchev–Trinajstić information content (AvgIpc) is 3.13. The molecule has 3 atom stereocenters. The molecule has 1 saturated carbocycles. The molecule has 1 saturated heterocycles. The fraction of sp³-hybridized carbons (Fsp3) is 0.737. The number of aliphatic hydroxyl groups is 1. The first-order valence-electron chi connectivity index (χ1n) is 9.33. The van der Waals surface area contributed by atoms with E-state index in [0.29, 0.717) is 25.3 Å². The van der Waals surface area contributed by atoms with E-state index in [-0.39, 0.29) is 12.0 Å². The van der Waals surface area contributed by atoms with Gasteiger partial charge in [0.05, 0.1) is 6.10 Å². The summed E-state index contributed by atoms with van der Waals surface area (Å²) in [7, 11) is 0. The summed E-state index contributed by atoms with van der Waals surface area (Å²) in [5.41, 5.74) is 0. The molecule has 0 spiro atoms. The fourth-order valence-corrected chi connectivity index (χ4v) is 3.44. The van der Waals surface area contributed by atoms with Crippen molar-refractivity contribution >= 4 is 5.91 Å². The summed E-state index contributed by atoms with van der Waals surface area (Å²) < 4.78 is 5.88. The number of furan rings is 1. The normalized spacial score (nSPS) is 25.7. The Labute approximate surface area is 144 Å². The fourth-order valence-electron chi connectivity index (χ4n) is 3.44. The highest BCUT2D eigenvalue weighted by atomic mass is 16.3. The number of aliphatic hydroxyl groups excluding tert-OH is 1. The summed E-state index contributed by atoms with van der Waals surface area (Å²) in [6.45, 7) is 8.19. The maximum atomic E-state index is 12.4. The van der Waals surface area contributed by atoms with Crippen LogP contribution in [0, 0.1) is 5.92 Å². The highest BCUT2D eigenvalue weighted by Gasteiger charge is 2.36. The molecule has 134 valence electrons. The number of β-amino-alcohol motifs (C(OH)–C–C–N with tert-alkyl or cyclic N) is 1. The highest BCUT2D eigenvalue weighted by molar-refractivity contribution is 5.76. The Balaban J connectivity index is 1.39. The lowest BCUT2D eigenvalue weighted by atomic mass is 10.2. The van der Waals surface area contributed by atoms with E-state index in [0.717, 1.165) is 50.0 Å². The van der Waals surface area contributed by atoms with Crippen LogP contribution in [0.3, 0.4) is 0 Å². The van der Waals surface area contributed by atoms with E-state index in [1.807, 2.05) is 17.9 Å². The van der Waals surface area contributed by atoms with Crippen LogP contribution in [-0.4, -0.2) is 59.6 Å². The minimum absolute atomic E-state index is 0.212. The third kappa shape index (κ3) is 4.39. The molecule has 24 heavy (non-hydrogen) atoms. The second-order valence-electron chi connectivity index (χ2n) is 7.37. The van der Waals surface area contributed by atoms with Crippen molar-refractivity contribution in [2.75, 3.05) is 32.7 Å². The topological polar surface area (TPSA) is 56.9 Å². The predicted molar refractivity (Wildman–Crippen MR) is 92.9 cm³/mol. The lowest BCUT2D eigenvalue weighted by Crippen LogP contribution is -2.50. The molecular weight excluding hydrogens is 304 g/mol. The molecule has 2 aliphatic rings. The molecule has 5 nitrogen and oxygen atoms in total. The Morgan fingerprint density at radius 2 is 2.04 bits per heavy atom. The van der Waals surface area contributed by atoms with Gasteiger partial charge in [-0.05, 0) is 30.9 Å². The third-order valence-electron chi connectivity index (χ3n) is 5.41. The molecule has 1 amide bonds. The molecule has 0 radical (unpaired) electrons. The van der Waals surface area contributed by atoms with Crippen LogP contribution >= 0.6 is 0 Å². The van der Waals surface area contributed by atoms with Crippen LogP contribution in [0.2, 0.25) is 0 Å². The Kier molecular flexibility index (Phi) is 5.61. The Morgan fingerprint density at radius 3 is 2.67 bits per heavy atom.